The molecule has 2 heterocycles. The van der Waals surface area contributed by atoms with Crippen molar-refractivity contribution in [2.45, 2.75) is 13.8 Å². The molecule has 0 fully saturated rings. The number of fused-ring (bicyclic) bond motifs is 1. The zero-order valence-corrected chi connectivity index (χ0v) is 11.9. The van der Waals surface area contributed by atoms with Crippen LogP contribution in [0.25, 0.3) is 11.0 Å². The molecule has 1 amide bonds. The van der Waals surface area contributed by atoms with Crippen LogP contribution in [0.3, 0.4) is 0 Å². The fraction of sp³-hybridized carbons (Fsp3) is 0.500. The minimum atomic E-state index is -0.0629. The number of aromatic amines is 1. The van der Waals surface area contributed by atoms with Crippen LogP contribution >= 0.6 is 0 Å². The van der Waals surface area contributed by atoms with Gasteiger partial charge in [-0.15, -0.1) is 0 Å². The van der Waals surface area contributed by atoms with Gasteiger partial charge >= 0.3 is 0 Å². The minimum absolute atomic E-state index is 0.0629. The van der Waals surface area contributed by atoms with Gasteiger partial charge in [-0.3, -0.25) is 9.89 Å². The summed E-state index contributed by atoms with van der Waals surface area (Å²) in [4.78, 5) is 22.3. The first-order valence-electron chi connectivity index (χ1n) is 6.60. The van der Waals surface area contributed by atoms with Crippen molar-refractivity contribution in [2.75, 3.05) is 36.9 Å². The largest absolute Gasteiger partial charge is 0.358 e. The van der Waals surface area contributed by atoms with Crippen molar-refractivity contribution < 1.29 is 4.79 Å². The molecule has 108 valence electrons. The van der Waals surface area contributed by atoms with Crippen molar-refractivity contribution in [3.63, 3.8) is 0 Å². The van der Waals surface area contributed by atoms with E-state index in [0.29, 0.717) is 24.0 Å². The van der Waals surface area contributed by atoms with E-state index in [1.807, 2.05) is 18.7 Å². The average Bonchev–Trinajstić information content (AvgIpc) is 2.92. The van der Waals surface area contributed by atoms with Crippen molar-refractivity contribution in [3.05, 3.63) is 6.20 Å². The summed E-state index contributed by atoms with van der Waals surface area (Å²) in [6.45, 7) is 5.58. The van der Waals surface area contributed by atoms with Gasteiger partial charge in [0.2, 0.25) is 11.9 Å². The summed E-state index contributed by atoms with van der Waals surface area (Å²) < 4.78 is 0. The lowest BCUT2D eigenvalue weighted by Crippen LogP contribution is -2.36. The fourth-order valence-corrected chi connectivity index (χ4v) is 1.89. The predicted molar refractivity (Wildman–Crippen MR) is 77.8 cm³/mol. The van der Waals surface area contributed by atoms with Gasteiger partial charge in [0.1, 0.15) is 5.82 Å². The number of hydrogen-bond acceptors (Lipinski definition) is 6. The third-order valence-corrected chi connectivity index (χ3v) is 2.92. The molecule has 8 nitrogen and oxygen atoms in total. The maximum atomic E-state index is 11.6. The third kappa shape index (κ3) is 2.79. The number of likely N-dealkylation sites (N-methyl/N-ethyl adjacent to an activating group) is 2. The molecule has 0 aliphatic carbocycles. The second-order valence-corrected chi connectivity index (χ2v) is 4.22. The van der Waals surface area contributed by atoms with E-state index < -0.39 is 0 Å². The van der Waals surface area contributed by atoms with Gasteiger partial charge in [-0.05, 0) is 13.8 Å². The quantitative estimate of drug-likeness (QED) is 0.705. The molecule has 2 rings (SSSR count). The average molecular weight is 277 g/mol. The Morgan fingerprint density at radius 1 is 1.40 bits per heavy atom. The van der Waals surface area contributed by atoms with Gasteiger partial charge in [-0.1, -0.05) is 0 Å². The first kappa shape index (κ1) is 14.0. The summed E-state index contributed by atoms with van der Waals surface area (Å²) in [7, 11) is 1.62. The van der Waals surface area contributed by atoms with Crippen molar-refractivity contribution >= 4 is 28.7 Å². The Morgan fingerprint density at radius 2 is 2.20 bits per heavy atom. The van der Waals surface area contributed by atoms with E-state index in [9.17, 15) is 4.79 Å². The van der Waals surface area contributed by atoms with Gasteiger partial charge in [-0.25, -0.2) is 0 Å². The number of aromatic nitrogens is 4. The Kier molecular flexibility index (Phi) is 4.34. The highest BCUT2D eigenvalue weighted by Crippen LogP contribution is 2.23. The predicted octanol–water partition coefficient (Wildman–Crippen LogP) is 0.357. The van der Waals surface area contributed by atoms with Crippen molar-refractivity contribution in [2.24, 2.45) is 0 Å². The molecule has 0 aliphatic rings. The Bertz CT molecular complexity index is 595. The van der Waals surface area contributed by atoms with Crippen LogP contribution in [0.15, 0.2) is 6.20 Å². The summed E-state index contributed by atoms with van der Waals surface area (Å²) in [5, 5.41) is 13.3. The molecule has 0 saturated carbocycles. The highest BCUT2D eigenvalue weighted by atomic mass is 16.1. The standard InChI is InChI=1S/C12H19N7O/c1-4-14-12-16-10-8(6-15-18-10)11(17-12)19(5-2)7-9(20)13-3/h6H,4-5,7H2,1-3H3,(H,13,20)(H2,14,15,16,17,18). The van der Waals surface area contributed by atoms with Crippen LogP contribution in [0.2, 0.25) is 0 Å². The molecular formula is C12H19N7O. The lowest BCUT2D eigenvalue weighted by molar-refractivity contribution is -0.119. The molecule has 2 aromatic rings. The maximum absolute atomic E-state index is 11.6. The molecule has 0 radical (unpaired) electrons. The number of carbonyl (C=O) groups is 1. The summed E-state index contributed by atoms with van der Waals surface area (Å²) in [6.07, 6.45) is 1.67. The molecule has 20 heavy (non-hydrogen) atoms. The molecular weight excluding hydrogens is 258 g/mol. The molecule has 0 bridgehead atoms. The number of amides is 1. The topological polar surface area (TPSA) is 98.8 Å². The molecule has 0 atom stereocenters. The van der Waals surface area contributed by atoms with Crippen LogP contribution in [-0.4, -0.2) is 52.8 Å². The van der Waals surface area contributed by atoms with E-state index in [1.54, 1.807) is 13.2 Å². The van der Waals surface area contributed by atoms with E-state index in [2.05, 4.69) is 30.8 Å². The van der Waals surface area contributed by atoms with Crippen LogP contribution in [0.5, 0.6) is 0 Å². The monoisotopic (exact) mass is 277 g/mol. The van der Waals surface area contributed by atoms with E-state index in [4.69, 9.17) is 0 Å². The number of anilines is 2. The summed E-state index contributed by atoms with van der Waals surface area (Å²) in [5.41, 5.74) is 0.654. The summed E-state index contributed by atoms with van der Waals surface area (Å²) in [5.74, 6) is 1.16. The second-order valence-electron chi connectivity index (χ2n) is 4.22. The first-order chi connectivity index (χ1) is 9.69. The van der Waals surface area contributed by atoms with Gasteiger partial charge in [-0.2, -0.15) is 15.1 Å². The van der Waals surface area contributed by atoms with Gasteiger partial charge in [0.25, 0.3) is 0 Å². The van der Waals surface area contributed by atoms with Crippen molar-refractivity contribution in [1.82, 2.24) is 25.5 Å². The molecule has 2 aromatic heterocycles. The fourth-order valence-electron chi connectivity index (χ4n) is 1.89. The lowest BCUT2D eigenvalue weighted by Gasteiger charge is -2.21. The second kappa shape index (κ2) is 6.18. The number of carbonyl (C=O) groups excluding carboxylic acids is 1. The van der Waals surface area contributed by atoms with Crippen molar-refractivity contribution in [1.29, 1.82) is 0 Å². The molecule has 8 heteroatoms. The Hall–Kier alpha value is -2.38. The summed E-state index contributed by atoms with van der Waals surface area (Å²) in [6, 6.07) is 0. The highest BCUT2D eigenvalue weighted by Gasteiger charge is 2.16. The summed E-state index contributed by atoms with van der Waals surface area (Å²) >= 11 is 0. The van der Waals surface area contributed by atoms with Crippen LogP contribution in [0, 0.1) is 0 Å². The van der Waals surface area contributed by atoms with Crippen LogP contribution in [0.4, 0.5) is 11.8 Å². The van der Waals surface area contributed by atoms with Gasteiger partial charge in [0.15, 0.2) is 5.65 Å². The Balaban J connectivity index is 2.43. The third-order valence-electron chi connectivity index (χ3n) is 2.92. The molecule has 0 aliphatic heterocycles. The number of rotatable bonds is 6. The van der Waals surface area contributed by atoms with Crippen molar-refractivity contribution in [3.8, 4) is 0 Å². The zero-order valence-electron chi connectivity index (χ0n) is 11.9. The number of H-pyrrole nitrogens is 1. The van der Waals surface area contributed by atoms with Gasteiger partial charge < -0.3 is 15.5 Å². The van der Waals surface area contributed by atoms with E-state index in [0.717, 1.165) is 11.9 Å². The minimum Gasteiger partial charge on any atom is -0.358 e. The molecule has 0 saturated heterocycles. The molecule has 0 aromatic carbocycles. The lowest BCUT2D eigenvalue weighted by atomic mass is 10.3. The zero-order chi connectivity index (χ0) is 14.5. The smallest absolute Gasteiger partial charge is 0.239 e. The van der Waals surface area contributed by atoms with Gasteiger partial charge in [0, 0.05) is 20.1 Å². The molecule has 0 unspecified atom stereocenters. The SMILES string of the molecule is CCNc1nc(N(CC)CC(=O)NC)c2cn[nH]c2n1. The van der Waals surface area contributed by atoms with Crippen LogP contribution in [0.1, 0.15) is 13.8 Å². The van der Waals surface area contributed by atoms with Gasteiger partial charge in [0.05, 0.1) is 18.1 Å². The highest BCUT2D eigenvalue weighted by molar-refractivity contribution is 5.90. The first-order valence-corrected chi connectivity index (χ1v) is 6.60. The Labute approximate surface area is 117 Å². The van der Waals surface area contributed by atoms with E-state index in [1.165, 1.54) is 0 Å². The van der Waals surface area contributed by atoms with Crippen LogP contribution < -0.4 is 15.5 Å². The normalized spacial score (nSPS) is 10.6. The maximum Gasteiger partial charge on any atom is 0.239 e. The molecule has 0 spiro atoms. The molecule has 3 N–H and O–H groups in total. The number of nitrogens with zero attached hydrogens (tertiary/aromatic N) is 4. The van der Waals surface area contributed by atoms with E-state index >= 15 is 0 Å². The number of hydrogen-bond donors (Lipinski definition) is 3. The van der Waals surface area contributed by atoms with Crippen LogP contribution in [-0.2, 0) is 4.79 Å². The Morgan fingerprint density at radius 3 is 2.85 bits per heavy atom. The van der Waals surface area contributed by atoms with E-state index in [-0.39, 0.29) is 12.5 Å². The number of nitrogens with one attached hydrogen (secondary N) is 3.